The van der Waals surface area contributed by atoms with Crippen molar-refractivity contribution < 1.29 is 19.4 Å². The molecule has 7 heteroatoms. The largest absolute Gasteiger partial charge is 0.438 e. The Bertz CT molecular complexity index is 1190. The van der Waals surface area contributed by atoms with Crippen molar-refractivity contribution in [3.05, 3.63) is 71.3 Å². The zero-order valence-corrected chi connectivity index (χ0v) is 22.6. The minimum Gasteiger partial charge on any atom is -0.438 e. The average Bonchev–Trinajstić information content (AvgIpc) is 2.87. The maximum Gasteiger partial charge on any atom is 0.411 e. The van der Waals surface area contributed by atoms with Crippen molar-refractivity contribution >= 4 is 12.1 Å². The number of benzene rings is 2. The first-order chi connectivity index (χ1) is 18.0. The van der Waals surface area contributed by atoms with Gasteiger partial charge < -0.3 is 25.8 Å². The van der Waals surface area contributed by atoms with E-state index in [2.05, 4.69) is 17.2 Å². The van der Waals surface area contributed by atoms with Gasteiger partial charge in [-0.3, -0.25) is 0 Å². The fraction of sp³-hybridized carbons (Fsp3) is 0.484. The molecule has 1 unspecified atom stereocenters. The molecule has 4 rings (SSSR count). The fourth-order valence-corrected chi connectivity index (χ4v) is 5.78. The van der Waals surface area contributed by atoms with Gasteiger partial charge >= 0.3 is 12.1 Å². The van der Waals surface area contributed by atoms with Gasteiger partial charge in [-0.05, 0) is 56.9 Å². The summed E-state index contributed by atoms with van der Waals surface area (Å²) >= 11 is 0. The Morgan fingerprint density at radius 2 is 1.76 bits per heavy atom. The lowest BCUT2D eigenvalue weighted by Gasteiger charge is -2.45. The number of nitrogens with zero attached hydrogens (tertiary/aromatic N) is 1. The number of carbonyl (C=O) groups is 2. The van der Waals surface area contributed by atoms with Crippen molar-refractivity contribution in [1.29, 1.82) is 0 Å². The van der Waals surface area contributed by atoms with Crippen molar-refractivity contribution in [1.82, 2.24) is 10.2 Å². The predicted octanol–water partition coefficient (Wildman–Crippen LogP) is 5.37. The number of primary amides is 1. The second kappa shape index (κ2) is 11.1. The summed E-state index contributed by atoms with van der Waals surface area (Å²) < 4.78 is 6.12. The topological polar surface area (TPSA) is 105 Å². The number of rotatable bonds is 6. The molecule has 1 aliphatic carbocycles. The molecule has 2 atom stereocenters. The molecular weight excluding hydrogens is 478 g/mol. The number of nitrogens with two attached hydrogens (primary N) is 1. The second-order valence-corrected chi connectivity index (χ2v) is 11.3. The van der Waals surface area contributed by atoms with E-state index in [1.54, 1.807) is 18.7 Å². The van der Waals surface area contributed by atoms with Crippen LogP contribution in [0.1, 0.15) is 88.4 Å². The Labute approximate surface area is 225 Å². The number of amides is 3. The Balaban J connectivity index is 1.48. The summed E-state index contributed by atoms with van der Waals surface area (Å²) in [5.74, 6) is 6.49. The minimum absolute atomic E-state index is 0.193. The summed E-state index contributed by atoms with van der Waals surface area (Å²) in [5.41, 5.74) is 5.69. The summed E-state index contributed by atoms with van der Waals surface area (Å²) in [7, 11) is 0. The Morgan fingerprint density at radius 1 is 1.11 bits per heavy atom. The molecule has 2 aromatic rings. The maximum absolute atomic E-state index is 13.3. The zero-order chi connectivity index (χ0) is 27.4. The van der Waals surface area contributed by atoms with Crippen LogP contribution in [0.5, 0.6) is 0 Å². The molecule has 2 aliphatic rings. The molecule has 1 saturated carbocycles. The van der Waals surface area contributed by atoms with Crippen LogP contribution in [0, 0.1) is 11.8 Å². The number of hydrogen-bond acceptors (Lipinski definition) is 4. The van der Waals surface area contributed by atoms with E-state index >= 15 is 0 Å². The van der Waals surface area contributed by atoms with Crippen molar-refractivity contribution in [3.8, 4) is 11.8 Å². The van der Waals surface area contributed by atoms with E-state index in [1.807, 2.05) is 61.5 Å². The molecule has 38 heavy (non-hydrogen) atoms. The van der Waals surface area contributed by atoms with Crippen LogP contribution in [0.3, 0.4) is 0 Å². The third kappa shape index (κ3) is 6.49. The van der Waals surface area contributed by atoms with Gasteiger partial charge in [0.05, 0.1) is 11.6 Å². The fourth-order valence-electron chi connectivity index (χ4n) is 5.78. The highest BCUT2D eigenvalue weighted by atomic mass is 16.6. The summed E-state index contributed by atoms with van der Waals surface area (Å²) in [6.45, 7) is 5.98. The number of urea groups is 1. The van der Waals surface area contributed by atoms with E-state index in [0.29, 0.717) is 19.4 Å². The Hall–Kier alpha value is -3.50. The van der Waals surface area contributed by atoms with E-state index in [-0.39, 0.29) is 6.04 Å². The molecule has 4 N–H and O–H groups in total. The van der Waals surface area contributed by atoms with E-state index in [1.165, 1.54) is 0 Å². The van der Waals surface area contributed by atoms with E-state index in [4.69, 9.17) is 10.5 Å². The highest BCUT2D eigenvalue weighted by Crippen LogP contribution is 2.42. The van der Waals surface area contributed by atoms with Crippen molar-refractivity contribution in [3.63, 3.8) is 0 Å². The van der Waals surface area contributed by atoms with Crippen molar-refractivity contribution in [2.24, 2.45) is 5.73 Å². The van der Waals surface area contributed by atoms with Crippen LogP contribution in [-0.4, -0.2) is 39.8 Å². The molecule has 1 heterocycles. The zero-order valence-electron chi connectivity index (χ0n) is 22.6. The predicted molar refractivity (Wildman–Crippen MR) is 147 cm³/mol. The molecule has 0 radical (unpaired) electrons. The molecular formula is C31H39N3O4. The summed E-state index contributed by atoms with van der Waals surface area (Å²) in [6, 6.07) is 16.8. The number of ether oxygens (including phenoxy) is 1. The van der Waals surface area contributed by atoms with Gasteiger partial charge in [-0.15, -0.1) is 0 Å². The first-order valence-electron chi connectivity index (χ1n) is 13.5. The van der Waals surface area contributed by atoms with E-state index in [9.17, 15) is 14.7 Å². The smallest absolute Gasteiger partial charge is 0.411 e. The second-order valence-electron chi connectivity index (χ2n) is 11.3. The molecule has 202 valence electrons. The number of nitrogens with one attached hydrogen (secondary N) is 1. The number of cyclic esters (lactones) is 1. The monoisotopic (exact) mass is 517 g/mol. The van der Waals surface area contributed by atoms with Crippen LogP contribution in [0.4, 0.5) is 9.59 Å². The van der Waals surface area contributed by atoms with Crippen LogP contribution in [0.2, 0.25) is 0 Å². The molecule has 3 amide bonds. The normalized spacial score (nSPS) is 22.0. The minimum atomic E-state index is -0.996. The lowest BCUT2D eigenvalue weighted by molar-refractivity contribution is -0.101. The molecule has 1 aliphatic heterocycles. The molecule has 0 bridgehead atoms. The Kier molecular flexibility index (Phi) is 8.03. The molecule has 2 fully saturated rings. The van der Waals surface area contributed by atoms with Gasteiger partial charge in [0.15, 0.2) is 0 Å². The first-order valence-corrected chi connectivity index (χ1v) is 13.5. The molecule has 7 nitrogen and oxygen atoms in total. The van der Waals surface area contributed by atoms with Crippen LogP contribution < -0.4 is 11.1 Å². The highest BCUT2D eigenvalue weighted by molar-refractivity contribution is 5.73. The van der Waals surface area contributed by atoms with E-state index in [0.717, 1.165) is 48.8 Å². The standard InChI is InChI=1S/C31H39N3O4/c1-23(25-14-12-24(13-15-25)16-19-30(33-27(32)35)17-8-5-9-18-30)34-21-20-31(38-28(34)36,22-29(2,3)37)26-10-6-4-7-11-26/h4,6-7,10-15,23,37H,5,8-9,17-18,20-22H2,1-3H3,(H3,32,33,35)/t23-,31?/m0/s1. The van der Waals surface area contributed by atoms with Gasteiger partial charge in [0.1, 0.15) is 11.1 Å². The summed E-state index contributed by atoms with van der Waals surface area (Å²) in [6.07, 6.45) is 5.27. The van der Waals surface area contributed by atoms with Crippen LogP contribution >= 0.6 is 0 Å². The Morgan fingerprint density at radius 3 is 2.34 bits per heavy atom. The molecule has 0 aromatic heterocycles. The lowest BCUT2D eigenvalue weighted by Crippen LogP contribution is -2.51. The number of hydrogen-bond donors (Lipinski definition) is 3. The average molecular weight is 518 g/mol. The van der Waals surface area contributed by atoms with Gasteiger partial charge in [-0.1, -0.05) is 73.6 Å². The molecule has 2 aromatic carbocycles. The van der Waals surface area contributed by atoms with Crippen LogP contribution in [0.15, 0.2) is 54.6 Å². The maximum atomic E-state index is 13.3. The quantitative estimate of drug-likeness (QED) is 0.448. The van der Waals surface area contributed by atoms with Crippen LogP contribution in [0.25, 0.3) is 0 Å². The SMILES string of the molecule is C[C@@H](c1ccc(C#CC2(NC(N)=O)CCCCC2)cc1)N1CCC(CC(C)(C)O)(c2ccccc2)OC1=O. The number of carbonyl (C=O) groups excluding carboxylic acids is 2. The third-order valence-corrected chi connectivity index (χ3v) is 7.67. The van der Waals surface area contributed by atoms with Gasteiger partial charge in [0, 0.05) is 24.9 Å². The molecule has 0 spiro atoms. The van der Waals surface area contributed by atoms with Gasteiger partial charge in [-0.25, -0.2) is 9.59 Å². The van der Waals surface area contributed by atoms with Gasteiger partial charge in [0.2, 0.25) is 0 Å². The molecule has 1 saturated heterocycles. The summed E-state index contributed by atoms with van der Waals surface area (Å²) in [5, 5.41) is 13.5. The highest BCUT2D eigenvalue weighted by Gasteiger charge is 2.46. The van der Waals surface area contributed by atoms with Crippen molar-refractivity contribution in [2.75, 3.05) is 6.54 Å². The van der Waals surface area contributed by atoms with Gasteiger partial charge in [-0.2, -0.15) is 0 Å². The lowest BCUT2D eigenvalue weighted by atomic mass is 9.80. The van der Waals surface area contributed by atoms with Crippen molar-refractivity contribution in [2.45, 2.75) is 88.5 Å². The van der Waals surface area contributed by atoms with Gasteiger partial charge in [0.25, 0.3) is 0 Å². The summed E-state index contributed by atoms with van der Waals surface area (Å²) in [4.78, 5) is 26.6. The van der Waals surface area contributed by atoms with E-state index < -0.39 is 28.9 Å². The van der Waals surface area contributed by atoms with Crippen LogP contribution in [-0.2, 0) is 10.3 Å². The third-order valence-electron chi connectivity index (χ3n) is 7.67. The number of aliphatic hydroxyl groups is 1. The first kappa shape index (κ1) is 27.5.